The number of nitrogens with one attached hydrogen (secondary N) is 1. The molecular weight excluding hydrogens is 417 g/mol. The Morgan fingerprint density at radius 2 is 1.71 bits per heavy atom. The minimum atomic E-state index is -4.99. The predicted octanol–water partition coefficient (Wildman–Crippen LogP) is 5.97. The second kappa shape index (κ2) is 7.82. The number of aliphatic hydroxyl groups is 1. The normalized spacial score (nSPS) is 14.6. The molecule has 1 aromatic heterocycles. The quantitative estimate of drug-likeness (QED) is 0.463. The van der Waals surface area contributed by atoms with E-state index in [0.29, 0.717) is 10.9 Å². The molecule has 168 valence electrons. The number of aromatic nitrogens is 1. The highest BCUT2D eigenvalue weighted by molar-refractivity contribution is 5.84. The van der Waals surface area contributed by atoms with Crippen LogP contribution in [-0.2, 0) is 11.8 Å². The van der Waals surface area contributed by atoms with Crippen LogP contribution >= 0.6 is 0 Å². The Morgan fingerprint density at radius 3 is 2.29 bits per heavy atom. The van der Waals surface area contributed by atoms with Crippen molar-refractivity contribution in [2.24, 2.45) is 0 Å². The van der Waals surface area contributed by atoms with Crippen molar-refractivity contribution in [1.82, 2.24) is 4.98 Å². The van der Waals surface area contributed by atoms with Crippen molar-refractivity contribution >= 4 is 10.9 Å². The van der Waals surface area contributed by atoms with E-state index in [2.05, 4.69) is 4.98 Å². The van der Waals surface area contributed by atoms with Gasteiger partial charge in [0, 0.05) is 23.1 Å². The summed E-state index contributed by atoms with van der Waals surface area (Å²) in [4.78, 5) is 2.67. The van der Waals surface area contributed by atoms with Gasteiger partial charge in [0.05, 0.1) is 12.6 Å². The Bertz CT molecular complexity index is 1060. The first-order chi connectivity index (χ1) is 14.3. The number of halogens is 5. The van der Waals surface area contributed by atoms with Crippen LogP contribution in [0, 0.1) is 18.6 Å². The Hall–Kier alpha value is -2.61. The predicted molar refractivity (Wildman–Crippen MR) is 108 cm³/mol. The number of fused-ring (bicyclic) bond motifs is 1. The van der Waals surface area contributed by atoms with Gasteiger partial charge in [-0.05, 0) is 54.7 Å². The molecule has 8 heteroatoms. The Kier molecular flexibility index (Phi) is 5.82. The first kappa shape index (κ1) is 23.1. The van der Waals surface area contributed by atoms with Crippen LogP contribution in [0.5, 0.6) is 5.75 Å². The van der Waals surface area contributed by atoms with E-state index in [1.807, 2.05) is 0 Å². The maximum Gasteiger partial charge on any atom is 0.417 e. The number of H-pyrrole nitrogens is 1. The lowest BCUT2D eigenvalue weighted by atomic mass is 9.73. The molecule has 1 unspecified atom stereocenters. The van der Waals surface area contributed by atoms with Crippen LogP contribution in [0.2, 0.25) is 0 Å². The molecule has 1 heterocycles. The van der Waals surface area contributed by atoms with Gasteiger partial charge in [-0.25, -0.2) is 8.78 Å². The number of benzene rings is 2. The lowest BCUT2D eigenvalue weighted by Gasteiger charge is -2.38. The molecule has 0 amide bonds. The maximum absolute atomic E-state index is 14.1. The Labute approximate surface area is 176 Å². The first-order valence-electron chi connectivity index (χ1n) is 9.67. The standard InChI is InChI=1S/C23H24F5NO2/c1-13-5-7-18(25)20-16(13)10-15(29-20)11-22(30,23(26,27)28)12-21(2,3)17-9-14(24)6-8-19(17)31-4/h5-10,29-30H,11-12H2,1-4H3. The molecular formula is C23H24F5NO2. The molecule has 0 radical (unpaired) electrons. The third kappa shape index (κ3) is 4.39. The third-order valence-electron chi connectivity index (χ3n) is 5.65. The van der Waals surface area contributed by atoms with Gasteiger partial charge in [0.1, 0.15) is 17.4 Å². The highest BCUT2D eigenvalue weighted by Gasteiger charge is 2.56. The topological polar surface area (TPSA) is 45.2 Å². The summed E-state index contributed by atoms with van der Waals surface area (Å²) in [7, 11) is 1.34. The highest BCUT2D eigenvalue weighted by atomic mass is 19.4. The summed E-state index contributed by atoms with van der Waals surface area (Å²) in [5, 5.41) is 11.3. The average molecular weight is 441 g/mol. The van der Waals surface area contributed by atoms with Crippen molar-refractivity contribution in [3.05, 3.63) is 64.9 Å². The zero-order chi connectivity index (χ0) is 23.2. The molecule has 0 spiro atoms. The zero-order valence-electron chi connectivity index (χ0n) is 17.6. The first-order valence-corrected chi connectivity index (χ1v) is 9.67. The van der Waals surface area contributed by atoms with Crippen LogP contribution in [0.4, 0.5) is 22.0 Å². The van der Waals surface area contributed by atoms with Crippen LogP contribution in [0.3, 0.4) is 0 Å². The molecule has 3 aromatic rings. The number of hydrogen-bond donors (Lipinski definition) is 2. The summed E-state index contributed by atoms with van der Waals surface area (Å²) in [6.45, 7) is 4.68. The second-order valence-electron chi connectivity index (χ2n) is 8.56. The molecule has 0 saturated carbocycles. The van der Waals surface area contributed by atoms with E-state index in [-0.39, 0.29) is 22.5 Å². The molecule has 3 nitrogen and oxygen atoms in total. The Morgan fingerprint density at radius 1 is 1.03 bits per heavy atom. The van der Waals surface area contributed by atoms with Crippen molar-refractivity contribution < 1.29 is 31.8 Å². The van der Waals surface area contributed by atoms with Gasteiger partial charge >= 0.3 is 6.18 Å². The van der Waals surface area contributed by atoms with E-state index < -0.39 is 41.7 Å². The van der Waals surface area contributed by atoms with Crippen molar-refractivity contribution in [3.63, 3.8) is 0 Å². The van der Waals surface area contributed by atoms with Crippen LogP contribution in [0.15, 0.2) is 36.4 Å². The number of hydrogen-bond acceptors (Lipinski definition) is 2. The van der Waals surface area contributed by atoms with E-state index in [9.17, 15) is 27.1 Å². The molecule has 0 fully saturated rings. The SMILES string of the molecule is COc1ccc(F)cc1C(C)(C)CC(O)(Cc1cc2c(C)ccc(F)c2[nH]1)C(F)(F)F. The second-order valence-corrected chi connectivity index (χ2v) is 8.56. The summed E-state index contributed by atoms with van der Waals surface area (Å²) >= 11 is 0. The number of aromatic amines is 1. The summed E-state index contributed by atoms with van der Waals surface area (Å²) < 4.78 is 75.3. The van der Waals surface area contributed by atoms with Crippen molar-refractivity contribution in [2.75, 3.05) is 7.11 Å². The van der Waals surface area contributed by atoms with Crippen LogP contribution in [0.1, 0.15) is 37.1 Å². The van der Waals surface area contributed by atoms with Crippen molar-refractivity contribution in [1.29, 1.82) is 0 Å². The van der Waals surface area contributed by atoms with E-state index >= 15 is 0 Å². The van der Waals surface area contributed by atoms with Gasteiger partial charge in [0.25, 0.3) is 0 Å². The molecule has 0 aliphatic heterocycles. The van der Waals surface area contributed by atoms with Crippen LogP contribution < -0.4 is 4.74 Å². The smallest absolute Gasteiger partial charge is 0.417 e. The van der Waals surface area contributed by atoms with Crippen molar-refractivity contribution in [2.45, 2.75) is 50.8 Å². The Balaban J connectivity index is 2.03. The summed E-state index contributed by atoms with van der Waals surface area (Å²) in [6, 6.07) is 7.77. The van der Waals surface area contributed by atoms with Crippen LogP contribution in [0.25, 0.3) is 10.9 Å². The third-order valence-corrected chi connectivity index (χ3v) is 5.65. The molecule has 0 saturated heterocycles. The van der Waals surface area contributed by atoms with Gasteiger partial charge in [-0.15, -0.1) is 0 Å². The number of methoxy groups -OCH3 is 1. The minimum absolute atomic E-state index is 0.0463. The lowest BCUT2D eigenvalue weighted by molar-refractivity contribution is -0.266. The average Bonchev–Trinajstić information content (AvgIpc) is 3.08. The maximum atomic E-state index is 14.1. The molecule has 0 aliphatic rings. The monoisotopic (exact) mass is 441 g/mol. The fourth-order valence-electron chi connectivity index (χ4n) is 4.09. The number of rotatable bonds is 6. The van der Waals surface area contributed by atoms with E-state index in [1.165, 1.54) is 45.2 Å². The fraction of sp³-hybridized carbons (Fsp3) is 0.391. The summed E-state index contributed by atoms with van der Waals surface area (Å²) in [6.07, 6.45) is -6.57. The van der Waals surface area contributed by atoms with Gasteiger partial charge in [-0.3, -0.25) is 0 Å². The van der Waals surface area contributed by atoms with Gasteiger partial charge < -0.3 is 14.8 Å². The van der Waals surface area contributed by atoms with Gasteiger partial charge in [-0.2, -0.15) is 13.2 Å². The van der Waals surface area contributed by atoms with E-state index in [4.69, 9.17) is 4.74 Å². The minimum Gasteiger partial charge on any atom is -0.496 e. The zero-order valence-corrected chi connectivity index (χ0v) is 17.6. The molecule has 2 aromatic carbocycles. The van der Waals surface area contributed by atoms with Crippen molar-refractivity contribution in [3.8, 4) is 5.75 Å². The largest absolute Gasteiger partial charge is 0.496 e. The molecule has 3 rings (SSSR count). The fourth-order valence-corrected chi connectivity index (χ4v) is 4.09. The summed E-state index contributed by atoms with van der Waals surface area (Å²) in [5.41, 5.74) is -3.42. The number of alkyl halides is 3. The highest BCUT2D eigenvalue weighted by Crippen LogP contribution is 2.45. The molecule has 2 N–H and O–H groups in total. The van der Waals surface area contributed by atoms with Gasteiger partial charge in [0.2, 0.25) is 0 Å². The number of ether oxygens (including phenoxy) is 1. The molecule has 0 aliphatic carbocycles. The number of aryl methyl sites for hydroxylation is 1. The van der Waals surface area contributed by atoms with Gasteiger partial charge in [-0.1, -0.05) is 19.9 Å². The lowest BCUT2D eigenvalue weighted by Crippen LogP contribution is -2.51. The van der Waals surface area contributed by atoms with Gasteiger partial charge in [0.15, 0.2) is 5.60 Å². The summed E-state index contributed by atoms with van der Waals surface area (Å²) in [5.74, 6) is -0.993. The molecule has 0 bridgehead atoms. The molecule has 31 heavy (non-hydrogen) atoms. The van der Waals surface area contributed by atoms with E-state index in [0.717, 1.165) is 12.1 Å². The van der Waals surface area contributed by atoms with E-state index in [1.54, 1.807) is 6.92 Å². The van der Waals surface area contributed by atoms with Crippen LogP contribution in [-0.4, -0.2) is 29.0 Å². The molecule has 1 atom stereocenters.